The summed E-state index contributed by atoms with van der Waals surface area (Å²) in [5, 5.41) is 4.21. The molecule has 0 spiro atoms. The van der Waals surface area contributed by atoms with E-state index in [1.807, 2.05) is 24.3 Å². The van der Waals surface area contributed by atoms with Gasteiger partial charge in [0.15, 0.2) is 0 Å². The number of carbonyl (C=O) groups is 1. The van der Waals surface area contributed by atoms with E-state index in [-0.39, 0.29) is 11.3 Å². The molecule has 4 heteroatoms. The molecule has 0 aromatic heterocycles. The number of ether oxygens (including phenoxy) is 1. The molecular formula is C27H32N2O2. The van der Waals surface area contributed by atoms with Crippen LogP contribution in [0.3, 0.4) is 0 Å². The van der Waals surface area contributed by atoms with E-state index in [0.29, 0.717) is 13.0 Å². The molecule has 0 radical (unpaired) electrons. The lowest BCUT2D eigenvalue weighted by Gasteiger charge is -2.56. The summed E-state index contributed by atoms with van der Waals surface area (Å²) in [7, 11) is 0. The van der Waals surface area contributed by atoms with Gasteiger partial charge in [0.2, 0.25) is 5.91 Å². The average Bonchev–Trinajstić information content (AvgIpc) is 2.73. The molecule has 0 aliphatic heterocycles. The highest BCUT2D eigenvalue weighted by Gasteiger charge is 2.51. The summed E-state index contributed by atoms with van der Waals surface area (Å²) < 4.78 is 5.85. The molecule has 6 rings (SSSR count). The van der Waals surface area contributed by atoms with Crippen molar-refractivity contribution >= 4 is 12.1 Å². The van der Waals surface area contributed by atoms with Crippen molar-refractivity contribution in [3.63, 3.8) is 0 Å². The minimum Gasteiger partial charge on any atom is -0.489 e. The minimum atomic E-state index is 0.0660. The minimum absolute atomic E-state index is 0.0660. The zero-order valence-electron chi connectivity index (χ0n) is 18.3. The van der Waals surface area contributed by atoms with Gasteiger partial charge in [-0.1, -0.05) is 29.8 Å². The number of hydrazone groups is 1. The lowest BCUT2D eigenvalue weighted by atomic mass is 9.49. The van der Waals surface area contributed by atoms with Gasteiger partial charge in [-0.15, -0.1) is 0 Å². The van der Waals surface area contributed by atoms with Crippen LogP contribution in [-0.2, 0) is 11.4 Å². The molecule has 0 heterocycles. The molecule has 4 nitrogen and oxygen atoms in total. The molecule has 0 saturated heterocycles. The Hall–Kier alpha value is -2.62. The third kappa shape index (κ3) is 4.84. The van der Waals surface area contributed by atoms with Crippen molar-refractivity contribution in [3.05, 3.63) is 65.2 Å². The van der Waals surface area contributed by atoms with Crippen molar-refractivity contribution in [3.8, 4) is 5.75 Å². The van der Waals surface area contributed by atoms with Gasteiger partial charge in [0.05, 0.1) is 6.21 Å². The van der Waals surface area contributed by atoms with Gasteiger partial charge >= 0.3 is 0 Å². The second-order valence-corrected chi connectivity index (χ2v) is 10.2. The van der Waals surface area contributed by atoms with E-state index in [2.05, 4.69) is 41.7 Å². The van der Waals surface area contributed by atoms with Gasteiger partial charge in [-0.2, -0.15) is 5.10 Å². The van der Waals surface area contributed by atoms with Crippen molar-refractivity contribution in [2.45, 2.75) is 58.5 Å². The zero-order chi connectivity index (χ0) is 21.3. The van der Waals surface area contributed by atoms with E-state index in [1.165, 1.54) is 44.1 Å². The lowest BCUT2D eigenvalue weighted by Crippen LogP contribution is -2.47. The SMILES string of the molecule is Cc1ccc(COc2ccc(/C=N\NC(=O)CC34CC5CC(CC(C5)C3)C4)cc2)cc1. The van der Waals surface area contributed by atoms with Crippen LogP contribution < -0.4 is 10.2 Å². The molecule has 2 aromatic rings. The fraction of sp³-hybridized carbons (Fsp3) is 0.481. The third-order valence-electron chi connectivity index (χ3n) is 7.51. The Balaban J connectivity index is 1.10. The number of carbonyl (C=O) groups excluding carboxylic acids is 1. The Morgan fingerprint density at radius 2 is 1.61 bits per heavy atom. The van der Waals surface area contributed by atoms with Crippen LogP contribution in [0.25, 0.3) is 0 Å². The largest absolute Gasteiger partial charge is 0.489 e. The first-order valence-electron chi connectivity index (χ1n) is 11.7. The van der Waals surface area contributed by atoms with Crippen LogP contribution in [0.5, 0.6) is 5.75 Å². The maximum absolute atomic E-state index is 12.6. The van der Waals surface area contributed by atoms with Gasteiger partial charge in [-0.25, -0.2) is 5.43 Å². The number of nitrogens with zero attached hydrogens (tertiary/aromatic N) is 1. The summed E-state index contributed by atoms with van der Waals surface area (Å²) in [5.74, 6) is 3.50. The Labute approximate surface area is 185 Å². The van der Waals surface area contributed by atoms with E-state index in [9.17, 15) is 4.79 Å². The van der Waals surface area contributed by atoms with Gasteiger partial charge in [0, 0.05) is 6.42 Å². The van der Waals surface area contributed by atoms with Crippen molar-refractivity contribution in [2.75, 3.05) is 0 Å². The standard InChI is InChI=1S/C27H32N2O2/c1-19-2-4-21(5-3-19)18-31-25-8-6-20(7-9-25)17-28-29-26(30)16-27-13-22-10-23(14-27)12-24(11-22)15-27/h2-9,17,22-24H,10-16,18H2,1H3,(H,29,30)/b28-17-. The molecule has 4 saturated carbocycles. The Morgan fingerprint density at radius 1 is 1.00 bits per heavy atom. The Bertz CT molecular complexity index is 911. The van der Waals surface area contributed by atoms with E-state index < -0.39 is 0 Å². The van der Waals surface area contributed by atoms with Crippen molar-refractivity contribution in [1.29, 1.82) is 0 Å². The van der Waals surface area contributed by atoms with Crippen molar-refractivity contribution in [1.82, 2.24) is 5.43 Å². The predicted molar refractivity (Wildman–Crippen MR) is 123 cm³/mol. The van der Waals surface area contributed by atoms with Crippen LogP contribution in [0.15, 0.2) is 53.6 Å². The van der Waals surface area contributed by atoms with Crippen LogP contribution in [-0.4, -0.2) is 12.1 Å². The zero-order valence-corrected chi connectivity index (χ0v) is 18.3. The molecule has 0 atom stereocenters. The van der Waals surface area contributed by atoms with Gasteiger partial charge < -0.3 is 4.74 Å². The first kappa shape index (κ1) is 20.3. The molecule has 4 bridgehead atoms. The summed E-state index contributed by atoms with van der Waals surface area (Å²) in [6, 6.07) is 16.1. The summed E-state index contributed by atoms with van der Waals surface area (Å²) in [5.41, 5.74) is 6.37. The molecule has 0 unspecified atom stereocenters. The normalized spacial score (nSPS) is 28.7. The van der Waals surface area contributed by atoms with Crippen LogP contribution in [0, 0.1) is 30.1 Å². The predicted octanol–water partition coefficient (Wildman–Crippen LogP) is 5.63. The second-order valence-electron chi connectivity index (χ2n) is 10.2. The third-order valence-corrected chi connectivity index (χ3v) is 7.51. The van der Waals surface area contributed by atoms with Crippen LogP contribution in [0.4, 0.5) is 0 Å². The monoisotopic (exact) mass is 416 g/mol. The fourth-order valence-corrected chi connectivity index (χ4v) is 6.57. The smallest absolute Gasteiger partial charge is 0.240 e. The number of hydrogen-bond donors (Lipinski definition) is 1. The maximum Gasteiger partial charge on any atom is 0.240 e. The molecule has 1 amide bonds. The number of rotatable bonds is 7. The molecular weight excluding hydrogens is 384 g/mol. The highest BCUT2D eigenvalue weighted by Crippen LogP contribution is 2.61. The topological polar surface area (TPSA) is 50.7 Å². The van der Waals surface area contributed by atoms with Crippen LogP contribution in [0.1, 0.15) is 61.6 Å². The number of aryl methyl sites for hydroxylation is 1. The van der Waals surface area contributed by atoms with Crippen LogP contribution in [0.2, 0.25) is 0 Å². The first-order chi connectivity index (χ1) is 15.1. The molecule has 31 heavy (non-hydrogen) atoms. The van der Waals surface area contributed by atoms with Crippen molar-refractivity contribution in [2.24, 2.45) is 28.3 Å². The Kier molecular flexibility index (Phi) is 5.56. The van der Waals surface area contributed by atoms with E-state index in [4.69, 9.17) is 4.74 Å². The summed E-state index contributed by atoms with van der Waals surface area (Å²) in [6.07, 6.45) is 10.3. The highest BCUT2D eigenvalue weighted by molar-refractivity contribution is 5.82. The van der Waals surface area contributed by atoms with Crippen molar-refractivity contribution < 1.29 is 9.53 Å². The van der Waals surface area contributed by atoms with E-state index >= 15 is 0 Å². The first-order valence-corrected chi connectivity index (χ1v) is 11.7. The van der Waals surface area contributed by atoms with E-state index in [1.54, 1.807) is 6.21 Å². The lowest BCUT2D eigenvalue weighted by molar-refractivity contribution is -0.129. The van der Waals surface area contributed by atoms with Crippen LogP contribution >= 0.6 is 0 Å². The molecule has 4 fully saturated rings. The second kappa shape index (κ2) is 8.49. The number of nitrogens with one attached hydrogen (secondary N) is 1. The summed E-state index contributed by atoms with van der Waals surface area (Å²) in [6.45, 7) is 2.63. The van der Waals surface area contributed by atoms with Gasteiger partial charge in [0.1, 0.15) is 12.4 Å². The molecule has 1 N–H and O–H groups in total. The maximum atomic E-state index is 12.6. The molecule has 162 valence electrons. The van der Waals surface area contributed by atoms with E-state index in [0.717, 1.165) is 34.6 Å². The van der Waals surface area contributed by atoms with Gasteiger partial charge in [0.25, 0.3) is 0 Å². The summed E-state index contributed by atoms with van der Waals surface area (Å²) in [4.78, 5) is 12.6. The van der Waals surface area contributed by atoms with Gasteiger partial charge in [-0.05, 0) is 104 Å². The average molecular weight is 417 g/mol. The quantitative estimate of drug-likeness (QED) is 0.470. The summed E-state index contributed by atoms with van der Waals surface area (Å²) >= 11 is 0. The highest BCUT2D eigenvalue weighted by atomic mass is 16.5. The fourth-order valence-electron chi connectivity index (χ4n) is 6.57. The molecule has 2 aromatic carbocycles. The Morgan fingerprint density at radius 3 is 2.23 bits per heavy atom. The number of benzene rings is 2. The molecule has 4 aliphatic rings. The van der Waals surface area contributed by atoms with Gasteiger partial charge in [-0.3, -0.25) is 4.79 Å². The number of amides is 1. The number of hydrogen-bond acceptors (Lipinski definition) is 3. The molecule has 4 aliphatic carbocycles.